The largest absolute Gasteiger partial charge is 0.494 e. The van der Waals surface area contributed by atoms with Crippen molar-refractivity contribution in [1.82, 2.24) is 4.90 Å². The molecule has 0 fully saturated rings. The zero-order valence-corrected chi connectivity index (χ0v) is 28.3. The van der Waals surface area contributed by atoms with Crippen LogP contribution < -0.4 is 9.64 Å². The molecular weight excluding hydrogens is 592 g/mol. The lowest BCUT2D eigenvalue weighted by atomic mass is 10.1. The molecule has 1 amide bonds. The van der Waals surface area contributed by atoms with Gasteiger partial charge in [-0.3, -0.25) is 4.79 Å². The third kappa shape index (κ3) is 14.2. The first-order valence-electron chi connectivity index (χ1n) is 15.7. The molecule has 2 aromatic carbocycles. The molecule has 0 radical (unpaired) electrons. The van der Waals surface area contributed by atoms with Gasteiger partial charge in [0, 0.05) is 31.9 Å². The van der Waals surface area contributed by atoms with Crippen LogP contribution in [0.1, 0.15) is 109 Å². The maximum Gasteiger partial charge on any atom is 0.223 e. The highest BCUT2D eigenvalue weighted by atomic mass is 79.9. The van der Waals surface area contributed by atoms with E-state index in [0.717, 1.165) is 43.3 Å². The summed E-state index contributed by atoms with van der Waals surface area (Å²) in [5.74, 6) is 2.02. The average Bonchev–Trinajstić information content (AvgIpc) is 3.37. The monoisotopic (exact) mass is 644 g/mol. The summed E-state index contributed by atoms with van der Waals surface area (Å²) in [6, 6.07) is 16.8. The van der Waals surface area contributed by atoms with Gasteiger partial charge in [-0.15, -0.1) is 28.7 Å². The van der Waals surface area contributed by atoms with Gasteiger partial charge in [-0.25, -0.2) is 0 Å². The molecular formula is C35H53BrN2O2S. The number of rotatable bonds is 20. The molecule has 228 valence electrons. The topological polar surface area (TPSA) is 32.8 Å². The molecule has 1 aliphatic rings. The van der Waals surface area contributed by atoms with Gasteiger partial charge in [0.1, 0.15) is 5.75 Å². The summed E-state index contributed by atoms with van der Waals surface area (Å²) in [6.07, 6.45) is 19.3. The Bertz CT molecular complexity index is 1010. The van der Waals surface area contributed by atoms with Gasteiger partial charge in [-0.1, -0.05) is 102 Å². The highest BCUT2D eigenvalue weighted by molar-refractivity contribution is 8.93. The van der Waals surface area contributed by atoms with Crippen LogP contribution in [0.25, 0.3) is 0 Å². The number of hydrogen-bond donors (Lipinski definition) is 0. The minimum Gasteiger partial charge on any atom is -0.494 e. The highest BCUT2D eigenvalue weighted by Crippen LogP contribution is 2.26. The molecule has 41 heavy (non-hydrogen) atoms. The smallest absolute Gasteiger partial charge is 0.223 e. The van der Waals surface area contributed by atoms with Crippen LogP contribution in [0.15, 0.2) is 59.6 Å². The first-order valence-corrected chi connectivity index (χ1v) is 16.7. The van der Waals surface area contributed by atoms with Crippen molar-refractivity contribution in [2.75, 3.05) is 23.9 Å². The molecule has 0 aromatic heterocycles. The number of nitrogens with zero attached hydrogens (tertiary/aromatic N) is 2. The summed E-state index contributed by atoms with van der Waals surface area (Å²) in [6.45, 7) is 8.44. The number of allylic oxidation sites excluding steroid dienone is 1. The fourth-order valence-corrected chi connectivity index (χ4v) is 5.98. The van der Waals surface area contributed by atoms with Crippen LogP contribution in [0.2, 0.25) is 0 Å². The van der Waals surface area contributed by atoms with Crippen molar-refractivity contribution in [3.63, 3.8) is 0 Å². The normalized spacial score (nSPS) is 12.7. The minimum absolute atomic E-state index is 0. The van der Waals surface area contributed by atoms with Crippen LogP contribution >= 0.6 is 28.7 Å². The van der Waals surface area contributed by atoms with E-state index in [0.29, 0.717) is 6.54 Å². The van der Waals surface area contributed by atoms with Crippen molar-refractivity contribution in [2.24, 2.45) is 0 Å². The van der Waals surface area contributed by atoms with Crippen LogP contribution in [0, 0.1) is 0 Å². The number of amides is 1. The van der Waals surface area contributed by atoms with Crippen molar-refractivity contribution < 1.29 is 9.53 Å². The minimum atomic E-state index is 0. The van der Waals surface area contributed by atoms with E-state index in [4.69, 9.17) is 4.74 Å². The third-order valence-electron chi connectivity index (χ3n) is 7.65. The average molecular weight is 646 g/mol. The van der Waals surface area contributed by atoms with E-state index in [1.807, 2.05) is 16.7 Å². The van der Waals surface area contributed by atoms with E-state index in [-0.39, 0.29) is 22.9 Å². The summed E-state index contributed by atoms with van der Waals surface area (Å²) < 4.78 is 5.98. The Morgan fingerprint density at radius 2 is 1.39 bits per heavy atom. The molecule has 2 aromatic rings. The molecule has 0 atom stereocenters. The number of anilines is 1. The third-order valence-corrected chi connectivity index (χ3v) is 8.67. The summed E-state index contributed by atoms with van der Waals surface area (Å²) in [5, 5.41) is 0. The molecule has 0 saturated carbocycles. The SMILES string of the molecule is Br.CCCCCCCCCCCCCCOc1ccc(CCN(C(C)=O)c2ccc(CN3C=C(C)SC3)cc2)cc1. The Morgan fingerprint density at radius 1 is 0.829 bits per heavy atom. The second-order valence-corrected chi connectivity index (χ2v) is 12.4. The van der Waals surface area contributed by atoms with Crippen molar-refractivity contribution in [1.29, 1.82) is 0 Å². The molecule has 3 rings (SSSR count). The fraction of sp³-hybridized carbons (Fsp3) is 0.571. The van der Waals surface area contributed by atoms with Crippen molar-refractivity contribution in [2.45, 2.75) is 111 Å². The quantitative estimate of drug-likeness (QED) is 0.134. The predicted octanol–water partition coefficient (Wildman–Crippen LogP) is 10.3. The van der Waals surface area contributed by atoms with Gasteiger partial charge in [0.2, 0.25) is 5.91 Å². The standard InChI is InChI=1S/C35H52N2O2S.BrH/c1-4-5-6-7-8-9-10-11-12-13-14-15-26-39-35-22-18-32(19-23-35)24-25-37(31(3)38)34-20-16-33(17-21-34)28-36-27-30(2)40-29-36;/h16-23,27H,4-15,24-26,28-29H2,1-3H3;1H. The summed E-state index contributed by atoms with van der Waals surface area (Å²) in [5.41, 5.74) is 3.44. The Morgan fingerprint density at radius 3 is 1.93 bits per heavy atom. The van der Waals surface area contributed by atoms with E-state index in [1.54, 1.807) is 6.92 Å². The molecule has 0 aliphatic carbocycles. The van der Waals surface area contributed by atoms with Crippen molar-refractivity contribution in [3.8, 4) is 5.75 Å². The van der Waals surface area contributed by atoms with Crippen LogP contribution in [0.4, 0.5) is 5.69 Å². The van der Waals surface area contributed by atoms with E-state index >= 15 is 0 Å². The molecule has 4 nitrogen and oxygen atoms in total. The maximum atomic E-state index is 12.4. The van der Waals surface area contributed by atoms with Crippen molar-refractivity contribution >= 4 is 40.3 Å². The van der Waals surface area contributed by atoms with E-state index in [1.165, 1.54) is 86.7 Å². The van der Waals surface area contributed by atoms with Crippen LogP contribution in [0.3, 0.4) is 0 Å². The predicted molar refractivity (Wildman–Crippen MR) is 183 cm³/mol. The van der Waals surface area contributed by atoms with Gasteiger partial charge in [0.05, 0.1) is 12.5 Å². The molecule has 0 spiro atoms. The Kier molecular flexibility index (Phi) is 18.0. The van der Waals surface area contributed by atoms with Crippen LogP contribution in [0.5, 0.6) is 5.75 Å². The first-order chi connectivity index (χ1) is 19.5. The van der Waals surface area contributed by atoms with Gasteiger partial charge in [0.25, 0.3) is 0 Å². The first kappa shape index (κ1) is 35.3. The van der Waals surface area contributed by atoms with E-state index in [2.05, 4.69) is 73.5 Å². The molecule has 0 saturated heterocycles. The van der Waals surface area contributed by atoms with Crippen LogP contribution in [-0.4, -0.2) is 29.8 Å². The van der Waals surface area contributed by atoms with E-state index < -0.39 is 0 Å². The van der Waals surface area contributed by atoms with Gasteiger partial charge in [-0.05, 0) is 60.1 Å². The lowest BCUT2D eigenvalue weighted by molar-refractivity contribution is -0.116. The van der Waals surface area contributed by atoms with Crippen LogP contribution in [-0.2, 0) is 17.8 Å². The lowest BCUT2D eigenvalue weighted by Gasteiger charge is -2.22. The fourth-order valence-electron chi connectivity index (χ4n) is 5.22. The number of carbonyl (C=O) groups excluding carboxylic acids is 1. The van der Waals surface area contributed by atoms with E-state index in [9.17, 15) is 4.79 Å². The van der Waals surface area contributed by atoms with Crippen molar-refractivity contribution in [3.05, 3.63) is 70.8 Å². The maximum absolute atomic E-state index is 12.4. The van der Waals surface area contributed by atoms with Gasteiger partial charge in [0.15, 0.2) is 0 Å². The summed E-state index contributed by atoms with van der Waals surface area (Å²) in [7, 11) is 0. The van der Waals surface area contributed by atoms with Gasteiger partial charge < -0.3 is 14.5 Å². The molecule has 0 bridgehead atoms. The molecule has 0 N–H and O–H groups in total. The highest BCUT2D eigenvalue weighted by Gasteiger charge is 2.13. The Labute approximate surface area is 265 Å². The second kappa shape index (κ2) is 20.9. The number of carbonyl (C=O) groups is 1. The van der Waals surface area contributed by atoms with Gasteiger partial charge >= 0.3 is 0 Å². The molecule has 1 heterocycles. The number of unbranched alkanes of at least 4 members (excludes halogenated alkanes) is 11. The Hall–Kier alpha value is -1.92. The molecule has 0 unspecified atom stereocenters. The summed E-state index contributed by atoms with van der Waals surface area (Å²) in [4.78, 5) is 18.0. The second-order valence-electron chi connectivity index (χ2n) is 11.2. The molecule has 6 heteroatoms. The number of halogens is 1. The number of benzene rings is 2. The van der Waals surface area contributed by atoms with Gasteiger partial charge in [-0.2, -0.15) is 0 Å². The zero-order chi connectivity index (χ0) is 28.4. The molecule has 1 aliphatic heterocycles. The number of ether oxygens (including phenoxy) is 1. The lowest BCUT2D eigenvalue weighted by Crippen LogP contribution is -2.30. The number of thioether (sulfide) groups is 1. The summed E-state index contributed by atoms with van der Waals surface area (Å²) >= 11 is 1.88. The Balaban J connectivity index is 0.00000588. The zero-order valence-electron chi connectivity index (χ0n) is 25.7. The number of hydrogen-bond acceptors (Lipinski definition) is 4.